The fourth-order valence-corrected chi connectivity index (χ4v) is 5.08. The number of benzene rings is 2. The first-order valence-corrected chi connectivity index (χ1v) is 10.0. The number of halogens is 1. The lowest BCUT2D eigenvalue weighted by Crippen LogP contribution is -2.43. The zero-order valence-electron chi connectivity index (χ0n) is 15.1. The molecule has 8 heteroatoms. The van der Waals surface area contributed by atoms with Gasteiger partial charge < -0.3 is 10.1 Å². The van der Waals surface area contributed by atoms with Gasteiger partial charge in [-0.05, 0) is 43.5 Å². The molecule has 2 aromatic carbocycles. The quantitative estimate of drug-likeness (QED) is 0.849. The third-order valence-corrected chi connectivity index (χ3v) is 6.67. The van der Waals surface area contributed by atoms with Gasteiger partial charge in [-0.15, -0.1) is 0 Å². The molecule has 1 heterocycles. The lowest BCUT2D eigenvalue weighted by molar-refractivity contribution is -0.119. The van der Waals surface area contributed by atoms with Gasteiger partial charge in [0.1, 0.15) is 17.6 Å². The second-order valence-corrected chi connectivity index (χ2v) is 8.23. The van der Waals surface area contributed by atoms with Gasteiger partial charge in [-0.1, -0.05) is 18.2 Å². The van der Waals surface area contributed by atoms with Crippen LogP contribution >= 0.6 is 0 Å². The van der Waals surface area contributed by atoms with Crippen LogP contribution < -0.4 is 10.1 Å². The van der Waals surface area contributed by atoms with Crippen LogP contribution in [-0.4, -0.2) is 38.3 Å². The second-order valence-electron chi connectivity index (χ2n) is 6.37. The molecule has 0 radical (unpaired) electrons. The Balaban J connectivity index is 1.89. The molecule has 0 aromatic heterocycles. The topological polar surface area (TPSA) is 75.7 Å². The number of carbonyl (C=O) groups excluding carboxylic acids is 1. The SMILES string of the molecule is COc1ccc(C)c(S(=O)(=O)N2CCCC2C(=O)Nc2ccccc2F)c1. The van der Waals surface area contributed by atoms with Gasteiger partial charge in [0.2, 0.25) is 15.9 Å². The molecule has 1 N–H and O–H groups in total. The van der Waals surface area contributed by atoms with E-state index in [0.29, 0.717) is 24.2 Å². The summed E-state index contributed by atoms with van der Waals surface area (Å²) in [6.45, 7) is 1.92. The fourth-order valence-electron chi connectivity index (χ4n) is 3.18. The summed E-state index contributed by atoms with van der Waals surface area (Å²) in [7, 11) is -2.44. The molecule has 1 unspecified atom stereocenters. The zero-order chi connectivity index (χ0) is 19.6. The first kappa shape index (κ1) is 19.3. The van der Waals surface area contributed by atoms with E-state index in [2.05, 4.69) is 5.32 Å². The van der Waals surface area contributed by atoms with E-state index >= 15 is 0 Å². The molecule has 1 fully saturated rings. The number of para-hydroxylation sites is 1. The van der Waals surface area contributed by atoms with E-state index in [-0.39, 0.29) is 17.1 Å². The molecule has 0 bridgehead atoms. The van der Waals surface area contributed by atoms with Crippen molar-refractivity contribution in [2.75, 3.05) is 19.0 Å². The van der Waals surface area contributed by atoms with Crippen LogP contribution in [-0.2, 0) is 14.8 Å². The highest BCUT2D eigenvalue weighted by atomic mass is 32.2. The minimum absolute atomic E-state index is 0.0318. The van der Waals surface area contributed by atoms with E-state index in [4.69, 9.17) is 4.74 Å². The summed E-state index contributed by atoms with van der Waals surface area (Å²) in [6, 6.07) is 9.70. The van der Waals surface area contributed by atoms with E-state index in [1.165, 1.54) is 35.7 Å². The van der Waals surface area contributed by atoms with Gasteiger partial charge in [0.25, 0.3) is 0 Å². The predicted molar refractivity (Wildman–Crippen MR) is 99.7 cm³/mol. The fraction of sp³-hybridized carbons (Fsp3) is 0.316. The summed E-state index contributed by atoms with van der Waals surface area (Å²) < 4.78 is 46.5. The Kier molecular flexibility index (Phi) is 5.48. The maximum absolute atomic E-state index is 13.8. The first-order valence-electron chi connectivity index (χ1n) is 8.56. The number of amides is 1. The maximum atomic E-state index is 13.8. The van der Waals surface area contributed by atoms with Gasteiger partial charge >= 0.3 is 0 Å². The Morgan fingerprint density at radius 2 is 2.00 bits per heavy atom. The predicted octanol–water partition coefficient (Wildman–Crippen LogP) is 2.93. The molecule has 1 aliphatic rings. The molecule has 27 heavy (non-hydrogen) atoms. The number of nitrogens with one attached hydrogen (secondary N) is 1. The Morgan fingerprint density at radius 3 is 2.70 bits per heavy atom. The molecule has 1 atom stereocenters. The van der Waals surface area contributed by atoms with Crippen molar-refractivity contribution in [2.45, 2.75) is 30.7 Å². The minimum Gasteiger partial charge on any atom is -0.497 e. The van der Waals surface area contributed by atoms with Crippen LogP contribution in [0.4, 0.5) is 10.1 Å². The van der Waals surface area contributed by atoms with Crippen molar-refractivity contribution >= 4 is 21.6 Å². The number of rotatable bonds is 5. The van der Waals surface area contributed by atoms with Crippen LogP contribution in [0.25, 0.3) is 0 Å². The Labute approximate surface area is 158 Å². The van der Waals surface area contributed by atoms with Crippen molar-refractivity contribution in [2.24, 2.45) is 0 Å². The number of methoxy groups -OCH3 is 1. The van der Waals surface area contributed by atoms with Crippen LogP contribution in [0.1, 0.15) is 18.4 Å². The lowest BCUT2D eigenvalue weighted by Gasteiger charge is -2.24. The average molecular weight is 392 g/mol. The van der Waals surface area contributed by atoms with Crippen molar-refractivity contribution in [3.8, 4) is 5.75 Å². The third kappa shape index (κ3) is 3.81. The summed E-state index contributed by atoms with van der Waals surface area (Å²) >= 11 is 0. The van der Waals surface area contributed by atoms with Crippen molar-refractivity contribution in [1.29, 1.82) is 0 Å². The number of hydrogen-bond donors (Lipinski definition) is 1. The van der Waals surface area contributed by atoms with Crippen molar-refractivity contribution in [3.63, 3.8) is 0 Å². The summed E-state index contributed by atoms with van der Waals surface area (Å²) in [6.07, 6.45) is 0.931. The number of aryl methyl sites for hydroxylation is 1. The molecule has 0 saturated carbocycles. The van der Waals surface area contributed by atoms with E-state index < -0.39 is 27.8 Å². The smallest absolute Gasteiger partial charge is 0.244 e. The number of ether oxygens (including phenoxy) is 1. The van der Waals surface area contributed by atoms with E-state index in [1.807, 2.05) is 0 Å². The van der Waals surface area contributed by atoms with Crippen LogP contribution in [0.5, 0.6) is 5.75 Å². The van der Waals surface area contributed by atoms with Gasteiger partial charge in [0.05, 0.1) is 17.7 Å². The van der Waals surface area contributed by atoms with Crippen molar-refractivity contribution < 1.29 is 22.3 Å². The Morgan fingerprint density at radius 1 is 1.26 bits per heavy atom. The first-order chi connectivity index (χ1) is 12.8. The highest BCUT2D eigenvalue weighted by Gasteiger charge is 2.40. The van der Waals surface area contributed by atoms with Crippen LogP contribution in [0.15, 0.2) is 47.4 Å². The van der Waals surface area contributed by atoms with Gasteiger partial charge in [-0.3, -0.25) is 4.79 Å². The minimum atomic E-state index is -3.90. The number of carbonyl (C=O) groups is 1. The summed E-state index contributed by atoms with van der Waals surface area (Å²) in [5, 5.41) is 2.50. The van der Waals surface area contributed by atoms with Gasteiger partial charge in [0, 0.05) is 12.6 Å². The van der Waals surface area contributed by atoms with Crippen LogP contribution in [0.3, 0.4) is 0 Å². The second kappa shape index (κ2) is 7.66. The van der Waals surface area contributed by atoms with Gasteiger partial charge in [-0.25, -0.2) is 12.8 Å². The standard InChI is InChI=1S/C19H21FN2O4S/c1-13-9-10-14(26-2)12-18(13)27(24,25)22-11-5-8-17(22)19(23)21-16-7-4-3-6-15(16)20/h3-4,6-7,9-10,12,17H,5,8,11H2,1-2H3,(H,21,23). The lowest BCUT2D eigenvalue weighted by atomic mass is 10.2. The molecule has 1 aliphatic heterocycles. The molecule has 1 saturated heterocycles. The summed E-state index contributed by atoms with van der Waals surface area (Å²) in [5.74, 6) is -0.686. The van der Waals surface area contributed by atoms with Crippen LogP contribution in [0.2, 0.25) is 0 Å². The number of nitrogens with zero attached hydrogens (tertiary/aromatic N) is 1. The highest BCUT2D eigenvalue weighted by molar-refractivity contribution is 7.89. The van der Waals surface area contributed by atoms with Crippen molar-refractivity contribution in [3.05, 3.63) is 53.8 Å². The molecular weight excluding hydrogens is 371 g/mol. The molecule has 2 aromatic rings. The molecule has 1 amide bonds. The normalized spacial score (nSPS) is 17.7. The largest absolute Gasteiger partial charge is 0.497 e. The Bertz CT molecular complexity index is 962. The molecule has 6 nitrogen and oxygen atoms in total. The van der Waals surface area contributed by atoms with E-state index in [9.17, 15) is 17.6 Å². The Hall–Kier alpha value is -2.45. The van der Waals surface area contributed by atoms with Crippen molar-refractivity contribution in [1.82, 2.24) is 4.31 Å². The van der Waals surface area contributed by atoms with Gasteiger partial charge in [0.15, 0.2) is 0 Å². The maximum Gasteiger partial charge on any atom is 0.244 e. The van der Waals surface area contributed by atoms with Crippen LogP contribution in [0, 0.1) is 12.7 Å². The highest BCUT2D eigenvalue weighted by Crippen LogP contribution is 2.30. The third-order valence-electron chi connectivity index (χ3n) is 4.62. The number of hydrogen-bond acceptors (Lipinski definition) is 4. The number of sulfonamides is 1. The molecule has 0 spiro atoms. The van der Waals surface area contributed by atoms with E-state index in [1.54, 1.807) is 25.1 Å². The number of anilines is 1. The summed E-state index contributed by atoms with van der Waals surface area (Å²) in [5.41, 5.74) is 0.597. The van der Waals surface area contributed by atoms with Gasteiger partial charge in [-0.2, -0.15) is 4.31 Å². The van der Waals surface area contributed by atoms with E-state index in [0.717, 1.165) is 0 Å². The molecule has 3 rings (SSSR count). The molecule has 0 aliphatic carbocycles. The molecular formula is C19H21FN2O4S. The average Bonchev–Trinajstić information content (AvgIpc) is 3.15. The monoisotopic (exact) mass is 392 g/mol. The zero-order valence-corrected chi connectivity index (χ0v) is 15.9. The molecule has 144 valence electrons. The summed E-state index contributed by atoms with van der Waals surface area (Å²) in [4.78, 5) is 12.8.